The second kappa shape index (κ2) is 2.82. The minimum Gasteiger partial charge on any atom is -0.312 e. The Kier molecular flexibility index (Phi) is 1.74. The van der Waals surface area contributed by atoms with Crippen molar-refractivity contribution >= 4 is 0 Å². The van der Waals surface area contributed by atoms with Gasteiger partial charge in [0.1, 0.15) is 0 Å². The van der Waals surface area contributed by atoms with Crippen molar-refractivity contribution in [3.8, 4) is 0 Å². The summed E-state index contributed by atoms with van der Waals surface area (Å²) in [5.41, 5.74) is 0. The Labute approximate surface area is 96.4 Å². The Hall–Kier alpha value is -0.120. The Bertz CT molecular complexity index is 295. The van der Waals surface area contributed by atoms with Crippen molar-refractivity contribution in [2.75, 3.05) is 0 Å². The lowest BCUT2D eigenvalue weighted by Crippen LogP contribution is -2.58. The molecule has 0 radical (unpaired) electrons. The first-order valence-electron chi connectivity index (χ1n) is 6.64. The standard InChI is InChI=1S/C13H20O3/c1-12(2)14-13(16-15-12)10-4-8-3-9(6-10)7-11(13)5-8/h8-11H,3-7H2,1-2H3. The van der Waals surface area contributed by atoms with Crippen LogP contribution in [0.2, 0.25) is 0 Å². The molecule has 5 fully saturated rings. The van der Waals surface area contributed by atoms with Crippen molar-refractivity contribution in [3.05, 3.63) is 0 Å². The molecule has 90 valence electrons. The molecule has 1 heterocycles. The van der Waals surface area contributed by atoms with Gasteiger partial charge in [-0.2, -0.15) is 9.78 Å². The average molecular weight is 224 g/mol. The van der Waals surface area contributed by atoms with Crippen LogP contribution in [0.3, 0.4) is 0 Å². The van der Waals surface area contributed by atoms with Crippen molar-refractivity contribution in [1.29, 1.82) is 0 Å². The van der Waals surface area contributed by atoms with E-state index in [2.05, 4.69) is 0 Å². The van der Waals surface area contributed by atoms with Gasteiger partial charge in [-0.25, -0.2) is 0 Å². The van der Waals surface area contributed by atoms with Crippen molar-refractivity contribution in [2.24, 2.45) is 23.7 Å². The van der Waals surface area contributed by atoms with Crippen LogP contribution in [0.5, 0.6) is 0 Å². The monoisotopic (exact) mass is 224 g/mol. The normalized spacial score (nSPS) is 57.4. The summed E-state index contributed by atoms with van der Waals surface area (Å²) in [6.07, 6.45) is 6.59. The largest absolute Gasteiger partial charge is 0.312 e. The number of hydrogen-bond acceptors (Lipinski definition) is 3. The molecule has 3 nitrogen and oxygen atoms in total. The lowest BCUT2D eigenvalue weighted by molar-refractivity contribution is -0.386. The lowest BCUT2D eigenvalue weighted by atomic mass is 9.53. The fourth-order valence-electron chi connectivity index (χ4n) is 4.73. The molecule has 1 spiro atoms. The van der Waals surface area contributed by atoms with E-state index >= 15 is 0 Å². The maximum atomic E-state index is 6.17. The third kappa shape index (κ3) is 1.14. The molecule has 0 aromatic rings. The van der Waals surface area contributed by atoms with Crippen LogP contribution in [0, 0.1) is 23.7 Å². The fourth-order valence-corrected chi connectivity index (χ4v) is 4.73. The molecule has 4 bridgehead atoms. The van der Waals surface area contributed by atoms with Crippen LogP contribution in [0.25, 0.3) is 0 Å². The first kappa shape index (κ1) is 9.86. The summed E-state index contributed by atoms with van der Waals surface area (Å²) in [5, 5.41) is 0. The van der Waals surface area contributed by atoms with Crippen molar-refractivity contribution in [3.63, 3.8) is 0 Å². The van der Waals surface area contributed by atoms with E-state index in [0.29, 0.717) is 11.8 Å². The maximum Gasteiger partial charge on any atom is 0.210 e. The van der Waals surface area contributed by atoms with Crippen LogP contribution in [-0.2, 0) is 14.5 Å². The zero-order valence-corrected chi connectivity index (χ0v) is 10.1. The van der Waals surface area contributed by atoms with Gasteiger partial charge in [-0.05, 0) is 57.8 Å². The van der Waals surface area contributed by atoms with Gasteiger partial charge in [0.05, 0.1) is 0 Å². The van der Waals surface area contributed by atoms with E-state index in [1.165, 1.54) is 32.1 Å². The molecule has 0 amide bonds. The minimum atomic E-state index is -0.560. The summed E-state index contributed by atoms with van der Waals surface area (Å²) in [4.78, 5) is 11.1. The quantitative estimate of drug-likeness (QED) is 0.592. The van der Waals surface area contributed by atoms with Gasteiger partial charge in [0, 0.05) is 11.8 Å². The molecule has 0 aromatic heterocycles. The zero-order valence-electron chi connectivity index (χ0n) is 10.1. The summed E-state index contributed by atoms with van der Waals surface area (Å²) in [6, 6.07) is 0. The predicted molar refractivity (Wildman–Crippen MR) is 57.1 cm³/mol. The molecule has 0 N–H and O–H groups in total. The average Bonchev–Trinajstić information content (AvgIpc) is 2.52. The van der Waals surface area contributed by atoms with Gasteiger partial charge in [0.2, 0.25) is 5.79 Å². The molecule has 3 heteroatoms. The predicted octanol–water partition coefficient (Wildman–Crippen LogP) is 2.85. The molecule has 16 heavy (non-hydrogen) atoms. The number of ether oxygens (including phenoxy) is 1. The highest BCUT2D eigenvalue weighted by Gasteiger charge is 2.64. The highest BCUT2D eigenvalue weighted by atomic mass is 17.3. The second-order valence-electron chi connectivity index (χ2n) is 6.69. The first-order chi connectivity index (χ1) is 7.57. The Balaban J connectivity index is 1.70. The third-order valence-corrected chi connectivity index (χ3v) is 5.05. The van der Waals surface area contributed by atoms with Crippen molar-refractivity contribution in [1.82, 2.24) is 0 Å². The number of rotatable bonds is 0. The molecular formula is C13H20O3. The van der Waals surface area contributed by atoms with Crippen LogP contribution in [0.1, 0.15) is 46.0 Å². The smallest absolute Gasteiger partial charge is 0.210 e. The fraction of sp³-hybridized carbons (Fsp3) is 1.00. The molecule has 4 saturated carbocycles. The van der Waals surface area contributed by atoms with Gasteiger partial charge in [0.25, 0.3) is 0 Å². The Morgan fingerprint density at radius 2 is 1.38 bits per heavy atom. The Morgan fingerprint density at radius 1 is 0.812 bits per heavy atom. The summed E-state index contributed by atoms with van der Waals surface area (Å²) in [5.74, 6) is 2.07. The first-order valence-corrected chi connectivity index (χ1v) is 6.64. The van der Waals surface area contributed by atoms with E-state index in [-0.39, 0.29) is 0 Å². The van der Waals surface area contributed by atoms with Gasteiger partial charge < -0.3 is 4.74 Å². The van der Waals surface area contributed by atoms with E-state index in [9.17, 15) is 0 Å². The van der Waals surface area contributed by atoms with Gasteiger partial charge in [0.15, 0.2) is 5.79 Å². The van der Waals surface area contributed by atoms with E-state index in [0.717, 1.165) is 11.8 Å². The van der Waals surface area contributed by atoms with Crippen molar-refractivity contribution < 1.29 is 14.5 Å². The Morgan fingerprint density at radius 3 is 1.81 bits per heavy atom. The van der Waals surface area contributed by atoms with Crippen LogP contribution in [0.15, 0.2) is 0 Å². The van der Waals surface area contributed by atoms with E-state index < -0.39 is 11.6 Å². The molecule has 1 aliphatic heterocycles. The van der Waals surface area contributed by atoms with Gasteiger partial charge in [-0.1, -0.05) is 0 Å². The highest BCUT2D eigenvalue weighted by Crippen LogP contribution is 2.62. The van der Waals surface area contributed by atoms with Crippen LogP contribution in [-0.4, -0.2) is 11.6 Å². The molecule has 0 aromatic carbocycles. The SMILES string of the molecule is CC1(C)OOC2(O1)C1CC3CC(C1)CC2C3. The third-order valence-electron chi connectivity index (χ3n) is 5.05. The summed E-state index contributed by atoms with van der Waals surface area (Å²) in [7, 11) is 0. The number of hydrogen-bond donors (Lipinski definition) is 0. The van der Waals surface area contributed by atoms with Gasteiger partial charge >= 0.3 is 0 Å². The van der Waals surface area contributed by atoms with Gasteiger partial charge in [-0.15, -0.1) is 0 Å². The van der Waals surface area contributed by atoms with Crippen LogP contribution >= 0.6 is 0 Å². The summed E-state index contributed by atoms with van der Waals surface area (Å²) >= 11 is 0. The van der Waals surface area contributed by atoms with Crippen LogP contribution < -0.4 is 0 Å². The molecule has 5 rings (SSSR count). The van der Waals surface area contributed by atoms with Gasteiger partial charge in [-0.3, -0.25) is 0 Å². The zero-order chi connectivity index (χ0) is 11.0. The van der Waals surface area contributed by atoms with E-state index in [1.54, 1.807) is 0 Å². The van der Waals surface area contributed by atoms with E-state index in [4.69, 9.17) is 14.5 Å². The topological polar surface area (TPSA) is 27.7 Å². The highest BCUT2D eigenvalue weighted by molar-refractivity contribution is 5.04. The second-order valence-corrected chi connectivity index (χ2v) is 6.69. The molecule has 4 aliphatic carbocycles. The lowest BCUT2D eigenvalue weighted by Gasteiger charge is -2.57. The molecule has 5 aliphatic rings. The van der Waals surface area contributed by atoms with Crippen molar-refractivity contribution in [2.45, 2.75) is 57.5 Å². The summed E-state index contributed by atoms with van der Waals surface area (Å²) < 4.78 is 6.17. The minimum absolute atomic E-state index is 0.392. The maximum absolute atomic E-state index is 6.17. The molecule has 0 unspecified atom stereocenters. The summed E-state index contributed by atoms with van der Waals surface area (Å²) in [6.45, 7) is 3.90. The molecular weight excluding hydrogens is 204 g/mol. The van der Waals surface area contributed by atoms with Crippen LogP contribution in [0.4, 0.5) is 0 Å². The van der Waals surface area contributed by atoms with E-state index in [1.807, 2.05) is 13.8 Å². The molecule has 0 atom stereocenters. The molecule has 1 saturated heterocycles.